The molecule has 3 heterocycles. The average Bonchev–Trinajstić information content (AvgIpc) is 3.01. The molecule has 0 saturated carbocycles. The van der Waals surface area contributed by atoms with Crippen molar-refractivity contribution >= 4 is 17.2 Å². The molecule has 0 spiro atoms. The van der Waals surface area contributed by atoms with E-state index < -0.39 is 0 Å². The molecular formula is C16H16FN5O. The zero-order valence-corrected chi connectivity index (χ0v) is 12.5. The van der Waals surface area contributed by atoms with Gasteiger partial charge in [0.05, 0.1) is 42.4 Å². The van der Waals surface area contributed by atoms with Gasteiger partial charge in [-0.25, -0.2) is 14.4 Å². The monoisotopic (exact) mass is 313 g/mol. The number of rotatable bonds is 2. The Balaban J connectivity index is 1.69. The van der Waals surface area contributed by atoms with Crippen LogP contribution in [0.2, 0.25) is 0 Å². The number of hydrogen-bond donors (Lipinski definition) is 1. The zero-order valence-electron chi connectivity index (χ0n) is 12.5. The molecule has 23 heavy (non-hydrogen) atoms. The summed E-state index contributed by atoms with van der Waals surface area (Å²) in [5.74, 6) is 0.111. The second-order valence-electron chi connectivity index (χ2n) is 5.51. The fourth-order valence-electron chi connectivity index (χ4n) is 3.00. The summed E-state index contributed by atoms with van der Waals surface area (Å²) in [5.41, 5.74) is 9.38. The van der Waals surface area contributed by atoms with Gasteiger partial charge in [0.2, 0.25) is 0 Å². The van der Waals surface area contributed by atoms with E-state index in [1.54, 1.807) is 6.07 Å². The summed E-state index contributed by atoms with van der Waals surface area (Å²) in [7, 11) is 0. The fourth-order valence-corrected chi connectivity index (χ4v) is 3.00. The van der Waals surface area contributed by atoms with E-state index in [-0.39, 0.29) is 5.82 Å². The Hall–Kier alpha value is -2.54. The van der Waals surface area contributed by atoms with Crippen LogP contribution in [-0.4, -0.2) is 42.0 Å². The Bertz CT molecular complexity index is 786. The van der Waals surface area contributed by atoms with E-state index in [1.165, 1.54) is 12.4 Å². The van der Waals surface area contributed by atoms with Crippen LogP contribution in [0.25, 0.3) is 0 Å². The first-order valence-corrected chi connectivity index (χ1v) is 7.51. The highest BCUT2D eigenvalue weighted by molar-refractivity contribution is 6.17. The van der Waals surface area contributed by atoms with Gasteiger partial charge < -0.3 is 15.4 Å². The number of nitrogens with two attached hydrogens (primary N) is 1. The molecule has 1 aromatic carbocycles. The number of benzene rings is 1. The third-order valence-corrected chi connectivity index (χ3v) is 4.15. The first-order chi connectivity index (χ1) is 11.2. The topological polar surface area (TPSA) is 76.6 Å². The Morgan fingerprint density at radius 2 is 2.00 bits per heavy atom. The van der Waals surface area contributed by atoms with Crippen molar-refractivity contribution in [2.75, 3.05) is 36.9 Å². The Morgan fingerprint density at radius 3 is 2.78 bits per heavy atom. The van der Waals surface area contributed by atoms with E-state index in [1.807, 2.05) is 11.0 Å². The molecular weight excluding hydrogens is 297 g/mol. The average molecular weight is 313 g/mol. The summed E-state index contributed by atoms with van der Waals surface area (Å²) < 4.78 is 19.9. The number of ether oxygens (including phenoxy) is 1. The molecule has 4 rings (SSSR count). The van der Waals surface area contributed by atoms with Crippen molar-refractivity contribution in [2.45, 2.75) is 6.54 Å². The lowest BCUT2D eigenvalue weighted by molar-refractivity contribution is 0.122. The normalized spacial score (nSPS) is 17.1. The van der Waals surface area contributed by atoms with Crippen LogP contribution in [0.15, 0.2) is 29.5 Å². The lowest BCUT2D eigenvalue weighted by Gasteiger charge is -2.29. The summed E-state index contributed by atoms with van der Waals surface area (Å²) in [5, 5.41) is 0. The Labute approximate surface area is 132 Å². The summed E-state index contributed by atoms with van der Waals surface area (Å²) in [6, 6.07) is 5.16. The molecule has 0 amide bonds. The van der Waals surface area contributed by atoms with Crippen molar-refractivity contribution in [3.8, 4) is 0 Å². The van der Waals surface area contributed by atoms with Gasteiger partial charge in [0.25, 0.3) is 0 Å². The van der Waals surface area contributed by atoms with Gasteiger partial charge >= 0.3 is 0 Å². The van der Waals surface area contributed by atoms with Crippen LogP contribution in [0, 0.1) is 5.82 Å². The fraction of sp³-hybridized carbons (Fsp3) is 0.312. The molecule has 2 N–H and O–H groups in total. The van der Waals surface area contributed by atoms with Gasteiger partial charge in [0.15, 0.2) is 0 Å². The van der Waals surface area contributed by atoms with Crippen LogP contribution in [0.1, 0.15) is 16.8 Å². The van der Waals surface area contributed by atoms with Crippen LogP contribution >= 0.6 is 0 Å². The molecule has 7 heteroatoms. The van der Waals surface area contributed by atoms with Crippen LogP contribution in [-0.2, 0) is 11.3 Å². The molecule has 2 aliphatic heterocycles. The third kappa shape index (κ3) is 2.43. The predicted molar refractivity (Wildman–Crippen MR) is 85.2 cm³/mol. The van der Waals surface area contributed by atoms with Crippen LogP contribution in [0.3, 0.4) is 0 Å². The van der Waals surface area contributed by atoms with Crippen LogP contribution < -0.4 is 10.6 Å². The number of hydrogen-bond acceptors (Lipinski definition) is 6. The number of anilines is 2. The maximum Gasteiger partial charge on any atom is 0.147 e. The molecule has 0 radical (unpaired) electrons. The quantitative estimate of drug-likeness (QED) is 0.906. The highest BCUT2D eigenvalue weighted by atomic mass is 19.1. The first-order valence-electron chi connectivity index (χ1n) is 7.51. The molecule has 1 saturated heterocycles. The van der Waals surface area contributed by atoms with Gasteiger partial charge in [-0.2, -0.15) is 0 Å². The number of aliphatic imine (C=N–C) groups is 1. The van der Waals surface area contributed by atoms with Gasteiger partial charge in [-0.1, -0.05) is 6.07 Å². The van der Waals surface area contributed by atoms with Gasteiger partial charge in [0.1, 0.15) is 18.0 Å². The highest BCUT2D eigenvalue weighted by Crippen LogP contribution is 2.28. The number of halogens is 1. The van der Waals surface area contributed by atoms with Gasteiger partial charge in [-0.3, -0.25) is 4.99 Å². The first kappa shape index (κ1) is 14.1. The lowest BCUT2D eigenvalue weighted by atomic mass is 10.0. The summed E-state index contributed by atoms with van der Waals surface area (Å²) in [6.45, 7) is 3.08. The van der Waals surface area contributed by atoms with E-state index in [0.29, 0.717) is 61.2 Å². The van der Waals surface area contributed by atoms with E-state index >= 15 is 0 Å². The van der Waals surface area contributed by atoms with E-state index in [9.17, 15) is 4.39 Å². The van der Waals surface area contributed by atoms with Gasteiger partial charge in [-0.15, -0.1) is 0 Å². The summed E-state index contributed by atoms with van der Waals surface area (Å²) >= 11 is 0. The number of fused-ring (bicyclic) bond motifs is 1. The molecule has 0 bridgehead atoms. The number of nitrogen functional groups attached to an aromatic ring is 1. The molecule has 1 aromatic heterocycles. The molecule has 0 aliphatic carbocycles. The smallest absolute Gasteiger partial charge is 0.147 e. The third-order valence-electron chi connectivity index (χ3n) is 4.15. The molecule has 6 nitrogen and oxygen atoms in total. The van der Waals surface area contributed by atoms with E-state index in [2.05, 4.69) is 15.0 Å². The maximum atomic E-state index is 14.6. The van der Waals surface area contributed by atoms with Gasteiger partial charge in [0, 0.05) is 18.7 Å². The SMILES string of the molecule is Nc1ncnc2c1C(c1ccc(N3CCOCC3)c(F)c1)=NC2. The highest BCUT2D eigenvalue weighted by Gasteiger charge is 2.23. The molecule has 0 atom stereocenters. The van der Waals surface area contributed by atoms with Crippen molar-refractivity contribution in [3.05, 3.63) is 47.2 Å². The second kappa shape index (κ2) is 5.58. The summed E-state index contributed by atoms with van der Waals surface area (Å²) in [4.78, 5) is 14.6. The second-order valence-corrected chi connectivity index (χ2v) is 5.51. The van der Waals surface area contributed by atoms with Crippen molar-refractivity contribution < 1.29 is 9.13 Å². The number of nitrogens with zero attached hydrogens (tertiary/aromatic N) is 4. The molecule has 1 fully saturated rings. The Kier molecular flexibility index (Phi) is 3.42. The standard InChI is InChI=1S/C16H16FN5O/c17-11-7-10(1-2-13(11)22-3-5-23-6-4-22)15-14-12(8-19-15)20-9-21-16(14)18/h1-2,7,9H,3-6,8H2,(H2,18,20,21). The largest absolute Gasteiger partial charge is 0.383 e. The molecule has 118 valence electrons. The van der Waals surface area contributed by atoms with E-state index in [0.717, 1.165) is 5.69 Å². The minimum atomic E-state index is -0.268. The van der Waals surface area contributed by atoms with Crippen LogP contribution in [0.5, 0.6) is 0 Å². The molecule has 2 aromatic rings. The van der Waals surface area contributed by atoms with Gasteiger partial charge in [-0.05, 0) is 12.1 Å². The zero-order chi connectivity index (χ0) is 15.8. The predicted octanol–water partition coefficient (Wildman–Crippen LogP) is 1.39. The lowest BCUT2D eigenvalue weighted by Crippen LogP contribution is -2.36. The number of morpholine rings is 1. The van der Waals surface area contributed by atoms with Crippen molar-refractivity contribution in [3.63, 3.8) is 0 Å². The Morgan fingerprint density at radius 1 is 1.17 bits per heavy atom. The van der Waals surface area contributed by atoms with Crippen LogP contribution in [0.4, 0.5) is 15.9 Å². The molecule has 0 unspecified atom stereocenters. The maximum absolute atomic E-state index is 14.6. The number of aromatic nitrogens is 2. The summed E-state index contributed by atoms with van der Waals surface area (Å²) in [6.07, 6.45) is 1.43. The van der Waals surface area contributed by atoms with E-state index in [4.69, 9.17) is 10.5 Å². The van der Waals surface area contributed by atoms with Crippen molar-refractivity contribution in [2.24, 2.45) is 4.99 Å². The van der Waals surface area contributed by atoms with Crippen molar-refractivity contribution in [1.82, 2.24) is 9.97 Å². The van der Waals surface area contributed by atoms with Crippen molar-refractivity contribution in [1.29, 1.82) is 0 Å². The molecule has 2 aliphatic rings. The minimum Gasteiger partial charge on any atom is -0.383 e. The minimum absolute atomic E-state index is 0.268.